The molecule has 2 atom stereocenters. The van der Waals surface area contributed by atoms with Gasteiger partial charge in [-0.25, -0.2) is 0 Å². The highest BCUT2D eigenvalue weighted by atomic mass is 79.9. The van der Waals surface area contributed by atoms with Crippen LogP contribution in [-0.4, -0.2) is 27.4 Å². The molecule has 5 rings (SSSR count). The van der Waals surface area contributed by atoms with E-state index in [1.54, 1.807) is 6.20 Å². The van der Waals surface area contributed by atoms with E-state index in [-0.39, 0.29) is 24.5 Å². The quantitative estimate of drug-likeness (QED) is 0.288. The Morgan fingerprint density at radius 3 is 2.66 bits per heavy atom. The van der Waals surface area contributed by atoms with E-state index >= 15 is 0 Å². The van der Waals surface area contributed by atoms with E-state index in [4.69, 9.17) is 16.6 Å². The van der Waals surface area contributed by atoms with Gasteiger partial charge in [-0.1, -0.05) is 46.3 Å². The molecule has 176 valence electrons. The van der Waals surface area contributed by atoms with Crippen LogP contribution >= 0.6 is 28.1 Å². The molecule has 0 spiro atoms. The fourth-order valence-corrected chi connectivity index (χ4v) is 5.23. The zero-order valence-electron chi connectivity index (χ0n) is 18.9. The molecule has 0 radical (unpaired) electrons. The van der Waals surface area contributed by atoms with Gasteiger partial charge in [0.05, 0.1) is 11.7 Å². The highest BCUT2D eigenvalue weighted by molar-refractivity contribution is 9.10. The van der Waals surface area contributed by atoms with Gasteiger partial charge in [-0.3, -0.25) is 9.78 Å². The van der Waals surface area contributed by atoms with E-state index < -0.39 is 0 Å². The second kappa shape index (κ2) is 10.0. The summed E-state index contributed by atoms with van der Waals surface area (Å²) in [7, 11) is 0. The number of anilines is 1. The standard InChI is InChI=1S/C27H23BrN4O2S/c1-17-10-11-19(20(28)15-17)22-12-13-23(34-22)26-25(21-9-5-6-14-29-21)31-27(35)32(26)16-24(33)30-18-7-3-2-4-8-18/h2-15,25-26H,16H2,1H3,(H,30,33)(H,31,35)/t25-,26-/m1/s1. The fourth-order valence-electron chi connectivity index (χ4n) is 4.24. The maximum Gasteiger partial charge on any atom is 0.244 e. The largest absolute Gasteiger partial charge is 0.459 e. The summed E-state index contributed by atoms with van der Waals surface area (Å²) in [4.78, 5) is 19.3. The summed E-state index contributed by atoms with van der Waals surface area (Å²) in [6, 6.07) is 24.5. The molecule has 1 aliphatic rings. The molecule has 0 saturated carbocycles. The Hall–Kier alpha value is -3.49. The van der Waals surface area contributed by atoms with Crippen molar-refractivity contribution in [3.63, 3.8) is 0 Å². The van der Waals surface area contributed by atoms with Crippen LogP contribution in [0.5, 0.6) is 0 Å². The lowest BCUT2D eigenvalue weighted by Crippen LogP contribution is -2.36. The van der Waals surface area contributed by atoms with Gasteiger partial charge in [0.25, 0.3) is 0 Å². The van der Waals surface area contributed by atoms with Crippen molar-refractivity contribution in [3.05, 3.63) is 107 Å². The molecule has 1 fully saturated rings. The van der Waals surface area contributed by atoms with Gasteiger partial charge in [0.2, 0.25) is 5.91 Å². The second-order valence-electron chi connectivity index (χ2n) is 8.35. The number of halogens is 1. The third kappa shape index (κ3) is 4.99. The Morgan fingerprint density at radius 1 is 1.11 bits per heavy atom. The third-order valence-corrected chi connectivity index (χ3v) is 6.89. The number of aromatic nitrogens is 1. The Bertz CT molecular complexity index is 1360. The molecule has 0 bridgehead atoms. The van der Waals surface area contributed by atoms with Crippen LogP contribution in [0.1, 0.15) is 29.1 Å². The number of nitrogens with one attached hydrogen (secondary N) is 2. The molecule has 2 N–H and O–H groups in total. The van der Waals surface area contributed by atoms with Gasteiger partial charge >= 0.3 is 0 Å². The number of furan rings is 1. The van der Waals surface area contributed by atoms with Crippen LogP contribution in [0.3, 0.4) is 0 Å². The third-order valence-electron chi connectivity index (χ3n) is 5.88. The van der Waals surface area contributed by atoms with E-state index in [0.717, 1.165) is 32.7 Å². The Balaban J connectivity index is 1.47. The second-order valence-corrected chi connectivity index (χ2v) is 9.60. The lowest BCUT2D eigenvalue weighted by atomic mass is 10.0. The molecule has 2 aromatic heterocycles. The van der Waals surface area contributed by atoms with Crippen LogP contribution in [0.4, 0.5) is 5.69 Å². The smallest absolute Gasteiger partial charge is 0.244 e. The molecule has 0 aliphatic carbocycles. The molecule has 1 aliphatic heterocycles. The van der Waals surface area contributed by atoms with E-state index in [2.05, 4.69) is 37.6 Å². The number of pyridine rings is 1. The summed E-state index contributed by atoms with van der Waals surface area (Å²) in [6.07, 6.45) is 1.75. The first-order valence-electron chi connectivity index (χ1n) is 11.2. The number of benzene rings is 2. The molecule has 8 heteroatoms. The van der Waals surface area contributed by atoms with Crippen LogP contribution in [0.25, 0.3) is 11.3 Å². The molecular weight excluding hydrogens is 524 g/mol. The van der Waals surface area contributed by atoms with Crippen molar-refractivity contribution >= 4 is 44.9 Å². The summed E-state index contributed by atoms with van der Waals surface area (Å²) in [5, 5.41) is 6.77. The Kier molecular flexibility index (Phi) is 6.66. The van der Waals surface area contributed by atoms with Gasteiger partial charge in [-0.15, -0.1) is 0 Å². The molecule has 2 aromatic carbocycles. The first-order chi connectivity index (χ1) is 17.0. The van der Waals surface area contributed by atoms with Crippen LogP contribution in [-0.2, 0) is 4.79 Å². The summed E-state index contributed by atoms with van der Waals surface area (Å²) in [6.45, 7) is 2.11. The minimum atomic E-state index is -0.350. The van der Waals surface area contributed by atoms with E-state index in [1.807, 2.05) is 84.6 Å². The van der Waals surface area contributed by atoms with E-state index in [0.29, 0.717) is 10.9 Å². The minimum Gasteiger partial charge on any atom is -0.459 e. The number of carbonyl (C=O) groups excluding carboxylic acids is 1. The molecule has 1 saturated heterocycles. The number of thiocarbonyl (C=S) groups is 1. The number of aryl methyl sites for hydroxylation is 1. The van der Waals surface area contributed by atoms with Gasteiger partial charge in [-0.2, -0.15) is 0 Å². The van der Waals surface area contributed by atoms with Crippen molar-refractivity contribution in [2.24, 2.45) is 0 Å². The fraction of sp³-hybridized carbons (Fsp3) is 0.148. The lowest BCUT2D eigenvalue weighted by molar-refractivity contribution is -0.116. The van der Waals surface area contributed by atoms with Crippen molar-refractivity contribution in [1.29, 1.82) is 0 Å². The molecule has 6 nitrogen and oxygen atoms in total. The maximum atomic E-state index is 12.9. The average Bonchev–Trinajstić information content (AvgIpc) is 3.45. The summed E-state index contributed by atoms with van der Waals surface area (Å²) >= 11 is 9.32. The van der Waals surface area contributed by atoms with Crippen molar-refractivity contribution < 1.29 is 9.21 Å². The molecule has 35 heavy (non-hydrogen) atoms. The number of amides is 1. The zero-order valence-corrected chi connectivity index (χ0v) is 21.3. The first kappa shape index (κ1) is 23.3. The van der Waals surface area contributed by atoms with E-state index in [9.17, 15) is 4.79 Å². The van der Waals surface area contributed by atoms with E-state index in [1.165, 1.54) is 0 Å². The highest BCUT2D eigenvalue weighted by Gasteiger charge is 2.42. The van der Waals surface area contributed by atoms with Crippen molar-refractivity contribution in [2.45, 2.75) is 19.0 Å². The Morgan fingerprint density at radius 2 is 1.91 bits per heavy atom. The van der Waals surface area contributed by atoms with Gasteiger partial charge in [0.1, 0.15) is 24.1 Å². The zero-order chi connectivity index (χ0) is 24.4. The maximum absolute atomic E-state index is 12.9. The normalized spacial score (nSPS) is 17.3. The number of para-hydroxylation sites is 1. The molecule has 4 aromatic rings. The number of rotatable bonds is 6. The van der Waals surface area contributed by atoms with Crippen LogP contribution in [0.15, 0.2) is 93.9 Å². The van der Waals surface area contributed by atoms with Gasteiger partial charge < -0.3 is 20.0 Å². The summed E-state index contributed by atoms with van der Waals surface area (Å²) < 4.78 is 7.33. The monoisotopic (exact) mass is 546 g/mol. The van der Waals surface area contributed by atoms with Crippen molar-refractivity contribution in [2.75, 3.05) is 11.9 Å². The first-order valence-corrected chi connectivity index (χ1v) is 12.4. The number of hydrogen-bond donors (Lipinski definition) is 2. The average molecular weight is 547 g/mol. The van der Waals surface area contributed by atoms with Gasteiger partial charge in [-0.05, 0) is 73.2 Å². The summed E-state index contributed by atoms with van der Waals surface area (Å²) in [5.74, 6) is 1.27. The molecular formula is C27H23BrN4O2S. The topological polar surface area (TPSA) is 70.4 Å². The predicted molar refractivity (Wildman–Crippen MR) is 144 cm³/mol. The SMILES string of the molecule is Cc1ccc(-c2ccc([C@@H]3[C@@H](c4ccccn4)NC(=S)N3CC(=O)Nc3ccccc3)o2)c(Br)c1. The molecule has 1 amide bonds. The van der Waals surface area contributed by atoms with Gasteiger partial charge in [0, 0.05) is 21.9 Å². The highest BCUT2D eigenvalue weighted by Crippen LogP contribution is 2.41. The van der Waals surface area contributed by atoms with Crippen LogP contribution in [0, 0.1) is 6.92 Å². The van der Waals surface area contributed by atoms with Crippen LogP contribution < -0.4 is 10.6 Å². The van der Waals surface area contributed by atoms with Crippen LogP contribution in [0.2, 0.25) is 0 Å². The number of nitrogens with zero attached hydrogens (tertiary/aromatic N) is 2. The molecule has 3 heterocycles. The lowest BCUT2D eigenvalue weighted by Gasteiger charge is -2.25. The van der Waals surface area contributed by atoms with Crippen molar-refractivity contribution in [1.82, 2.24) is 15.2 Å². The number of hydrogen-bond acceptors (Lipinski definition) is 4. The number of carbonyl (C=O) groups is 1. The van der Waals surface area contributed by atoms with Gasteiger partial charge in [0.15, 0.2) is 5.11 Å². The summed E-state index contributed by atoms with van der Waals surface area (Å²) in [5.41, 5.74) is 3.67. The molecule has 0 unspecified atom stereocenters. The van der Waals surface area contributed by atoms with Crippen molar-refractivity contribution in [3.8, 4) is 11.3 Å². The Labute approximate surface area is 217 Å². The minimum absolute atomic E-state index is 0.0684. The predicted octanol–water partition coefficient (Wildman–Crippen LogP) is 6.02.